The number of amides is 1. The number of β-lactam (4-membered cyclic amide) rings is 1. The number of thioether (sulfide) groups is 1. The lowest BCUT2D eigenvalue weighted by molar-refractivity contribution is -0.141. The number of carboxylic acids is 1. The third kappa shape index (κ3) is 2.14. The van der Waals surface area contributed by atoms with Crippen LogP contribution >= 0.6 is 11.8 Å². The summed E-state index contributed by atoms with van der Waals surface area (Å²) in [6, 6.07) is 0. The van der Waals surface area contributed by atoms with Crippen LogP contribution in [0.15, 0.2) is 10.6 Å². The van der Waals surface area contributed by atoms with E-state index in [4.69, 9.17) is 9.84 Å². The van der Waals surface area contributed by atoms with Gasteiger partial charge in [-0.1, -0.05) is 11.8 Å². The molecule has 0 aliphatic carbocycles. The van der Waals surface area contributed by atoms with Gasteiger partial charge in [-0.3, -0.25) is 9.59 Å². The van der Waals surface area contributed by atoms with Gasteiger partial charge in [0.15, 0.2) is 0 Å². The summed E-state index contributed by atoms with van der Waals surface area (Å²) in [5, 5.41) is 8.93. The first-order valence-electron chi connectivity index (χ1n) is 5.09. The second kappa shape index (κ2) is 4.40. The maximum atomic E-state index is 11.4. The fourth-order valence-electron chi connectivity index (χ4n) is 1.82. The van der Waals surface area contributed by atoms with E-state index in [0.29, 0.717) is 12.1 Å². The molecule has 92 valence electrons. The zero-order chi connectivity index (χ0) is 12.6. The van der Waals surface area contributed by atoms with Gasteiger partial charge in [-0.2, -0.15) is 0 Å². The van der Waals surface area contributed by atoms with Crippen LogP contribution in [0.4, 0.5) is 0 Å². The van der Waals surface area contributed by atoms with E-state index >= 15 is 0 Å². The lowest BCUT2D eigenvalue weighted by Gasteiger charge is -2.35. The predicted octanol–water partition coefficient (Wildman–Crippen LogP) is 0.541. The van der Waals surface area contributed by atoms with Crippen molar-refractivity contribution in [3.05, 3.63) is 10.6 Å². The van der Waals surface area contributed by atoms with Crippen molar-refractivity contribution in [3.8, 4) is 0 Å². The zero-order valence-electron chi connectivity index (χ0n) is 9.13. The molecule has 0 aromatic carbocycles. The highest BCUT2D eigenvalue weighted by molar-refractivity contribution is 8.04. The average molecular weight is 257 g/mol. The van der Waals surface area contributed by atoms with Crippen LogP contribution in [-0.2, 0) is 19.1 Å². The highest BCUT2D eigenvalue weighted by Crippen LogP contribution is 2.46. The van der Waals surface area contributed by atoms with Crippen molar-refractivity contribution in [2.75, 3.05) is 6.61 Å². The minimum Gasteiger partial charge on any atom is -0.477 e. The minimum atomic E-state index is -1.03. The Kier molecular flexibility index (Phi) is 3.10. The number of carbonyl (C=O) groups excluding carboxylic acids is 2. The molecule has 0 aromatic heterocycles. The van der Waals surface area contributed by atoms with E-state index in [1.807, 2.05) is 0 Å². The lowest BCUT2D eigenvalue weighted by atomic mass is 10.1. The molecular weight excluding hydrogens is 246 g/mol. The Balaban J connectivity index is 2.08. The summed E-state index contributed by atoms with van der Waals surface area (Å²) in [5.74, 6) is -1.52. The van der Waals surface area contributed by atoms with Gasteiger partial charge in [0.2, 0.25) is 5.91 Å². The normalized spacial score (nSPS) is 22.3. The Labute approximate surface area is 102 Å². The molecule has 0 spiro atoms. The SMILES string of the molecule is CC(=O)OCCC1=C(C(=O)O)S[C@@H]2CC(=O)N12. The third-order valence-corrected chi connectivity index (χ3v) is 3.85. The molecule has 1 saturated heterocycles. The van der Waals surface area contributed by atoms with Crippen LogP contribution < -0.4 is 0 Å². The average Bonchev–Trinajstić information content (AvgIpc) is 2.50. The number of carboxylic acid groups (broad SMARTS) is 1. The fraction of sp³-hybridized carbons (Fsp3) is 0.500. The molecule has 1 amide bonds. The van der Waals surface area contributed by atoms with Gasteiger partial charge in [0, 0.05) is 19.0 Å². The molecular formula is C10H11NO5S. The largest absolute Gasteiger partial charge is 0.477 e. The van der Waals surface area contributed by atoms with Gasteiger partial charge in [0.25, 0.3) is 0 Å². The number of aliphatic carboxylic acids is 1. The molecule has 2 aliphatic heterocycles. The van der Waals surface area contributed by atoms with Crippen LogP contribution in [-0.4, -0.2) is 39.8 Å². The van der Waals surface area contributed by atoms with Gasteiger partial charge in [-0.25, -0.2) is 4.79 Å². The first-order valence-corrected chi connectivity index (χ1v) is 5.97. The van der Waals surface area contributed by atoms with Gasteiger partial charge in [-0.05, 0) is 0 Å². The van der Waals surface area contributed by atoms with Crippen LogP contribution in [0.25, 0.3) is 0 Å². The Morgan fingerprint density at radius 3 is 2.82 bits per heavy atom. The molecule has 6 nitrogen and oxygen atoms in total. The van der Waals surface area contributed by atoms with E-state index in [-0.39, 0.29) is 29.2 Å². The number of hydrogen-bond acceptors (Lipinski definition) is 5. The standard InChI is InChI=1S/C10H11NO5S/c1-5(12)16-3-2-6-9(10(14)15)17-8-4-7(13)11(6)8/h8H,2-4H2,1H3,(H,14,15)/t8-/m1/s1. The molecule has 0 radical (unpaired) electrons. The molecule has 2 heterocycles. The Bertz CT molecular complexity index is 430. The molecule has 1 fully saturated rings. The van der Waals surface area contributed by atoms with Crippen molar-refractivity contribution in [2.24, 2.45) is 0 Å². The topological polar surface area (TPSA) is 83.9 Å². The van der Waals surface area contributed by atoms with E-state index in [1.54, 1.807) is 0 Å². The van der Waals surface area contributed by atoms with Crippen molar-refractivity contribution >= 4 is 29.6 Å². The number of fused-ring (bicyclic) bond motifs is 1. The van der Waals surface area contributed by atoms with Crippen LogP contribution in [0, 0.1) is 0 Å². The van der Waals surface area contributed by atoms with Gasteiger partial charge >= 0.3 is 11.9 Å². The summed E-state index contributed by atoms with van der Waals surface area (Å²) >= 11 is 1.18. The van der Waals surface area contributed by atoms with Crippen molar-refractivity contribution < 1.29 is 24.2 Å². The second-order valence-corrected chi connectivity index (χ2v) is 4.90. The van der Waals surface area contributed by atoms with Crippen molar-refractivity contribution in [1.29, 1.82) is 0 Å². The summed E-state index contributed by atoms with van der Waals surface area (Å²) in [5.41, 5.74) is 0.463. The van der Waals surface area contributed by atoms with Gasteiger partial charge in [-0.15, -0.1) is 0 Å². The monoisotopic (exact) mass is 257 g/mol. The van der Waals surface area contributed by atoms with Gasteiger partial charge in [0.1, 0.15) is 4.91 Å². The first kappa shape index (κ1) is 12.0. The Morgan fingerprint density at radius 2 is 2.29 bits per heavy atom. The fourth-order valence-corrected chi connectivity index (χ4v) is 3.10. The number of esters is 1. The summed E-state index contributed by atoms with van der Waals surface area (Å²) in [7, 11) is 0. The lowest BCUT2D eigenvalue weighted by Crippen LogP contribution is -2.47. The highest BCUT2D eigenvalue weighted by Gasteiger charge is 2.47. The Hall–Kier alpha value is -1.50. The smallest absolute Gasteiger partial charge is 0.344 e. The third-order valence-electron chi connectivity index (χ3n) is 2.55. The molecule has 2 aliphatic rings. The summed E-state index contributed by atoms with van der Waals surface area (Å²) in [6.07, 6.45) is 0.634. The van der Waals surface area contributed by atoms with Crippen LogP contribution in [0.3, 0.4) is 0 Å². The van der Waals surface area contributed by atoms with Crippen molar-refractivity contribution in [2.45, 2.75) is 25.1 Å². The number of carbonyl (C=O) groups is 3. The van der Waals surface area contributed by atoms with Crippen molar-refractivity contribution in [1.82, 2.24) is 4.90 Å². The van der Waals surface area contributed by atoms with E-state index in [2.05, 4.69) is 0 Å². The summed E-state index contributed by atoms with van der Waals surface area (Å²) < 4.78 is 4.76. The number of rotatable bonds is 4. The quantitative estimate of drug-likeness (QED) is 0.584. The van der Waals surface area contributed by atoms with Crippen LogP contribution in [0.2, 0.25) is 0 Å². The molecule has 0 saturated carbocycles. The van der Waals surface area contributed by atoms with E-state index in [1.165, 1.54) is 23.6 Å². The molecule has 2 rings (SSSR count). The number of hydrogen-bond donors (Lipinski definition) is 1. The maximum Gasteiger partial charge on any atom is 0.344 e. The van der Waals surface area contributed by atoms with Gasteiger partial charge in [0.05, 0.1) is 18.4 Å². The zero-order valence-corrected chi connectivity index (χ0v) is 9.95. The molecule has 7 heteroatoms. The van der Waals surface area contributed by atoms with Crippen LogP contribution in [0.5, 0.6) is 0 Å². The number of nitrogens with zero attached hydrogens (tertiary/aromatic N) is 1. The van der Waals surface area contributed by atoms with E-state index in [0.717, 1.165) is 0 Å². The van der Waals surface area contributed by atoms with E-state index < -0.39 is 11.9 Å². The first-order chi connectivity index (χ1) is 8.00. The summed E-state index contributed by atoms with van der Waals surface area (Å²) in [4.78, 5) is 34.7. The van der Waals surface area contributed by atoms with Gasteiger partial charge < -0.3 is 14.7 Å². The van der Waals surface area contributed by atoms with Crippen LogP contribution in [0.1, 0.15) is 19.8 Å². The predicted molar refractivity (Wildman–Crippen MR) is 58.8 cm³/mol. The van der Waals surface area contributed by atoms with E-state index in [9.17, 15) is 14.4 Å². The number of ether oxygens (including phenoxy) is 1. The molecule has 17 heavy (non-hydrogen) atoms. The molecule has 0 bridgehead atoms. The maximum absolute atomic E-state index is 11.4. The molecule has 0 aromatic rings. The minimum absolute atomic E-state index is 0.0726. The van der Waals surface area contributed by atoms with Crippen molar-refractivity contribution in [3.63, 3.8) is 0 Å². The molecule has 1 N–H and O–H groups in total. The molecule has 0 unspecified atom stereocenters. The molecule has 1 atom stereocenters. The second-order valence-electron chi connectivity index (χ2n) is 3.71. The highest BCUT2D eigenvalue weighted by atomic mass is 32.2. The summed E-state index contributed by atoms with van der Waals surface area (Å²) in [6.45, 7) is 1.38. The Morgan fingerprint density at radius 1 is 1.59 bits per heavy atom.